The van der Waals surface area contributed by atoms with E-state index in [1.54, 1.807) is 11.1 Å². The van der Waals surface area contributed by atoms with E-state index in [9.17, 15) is 9.59 Å². The molecule has 0 aliphatic carbocycles. The molecule has 3 aliphatic heterocycles. The highest BCUT2D eigenvalue weighted by molar-refractivity contribution is 7.14. The molecule has 198 valence electrons. The third-order valence-corrected chi connectivity index (χ3v) is 9.13. The number of piperidine rings is 1. The molecule has 6 bridgehead atoms. The molecule has 1 N–H and O–H groups in total. The molecule has 9 nitrogen and oxygen atoms in total. The van der Waals surface area contributed by atoms with Crippen LogP contribution in [0.15, 0.2) is 39.9 Å². The van der Waals surface area contributed by atoms with Gasteiger partial charge in [-0.25, -0.2) is 4.98 Å². The molecule has 2 aromatic carbocycles. The fraction of sp³-hybridized carbons (Fsp3) is 0.464. The number of rotatable bonds is 3. The topological polar surface area (TPSA) is 98.7 Å². The lowest BCUT2D eigenvalue weighted by atomic mass is 10.1. The number of methoxy groups -OCH3 is 1. The summed E-state index contributed by atoms with van der Waals surface area (Å²) in [6.07, 6.45) is 3.79. The van der Waals surface area contributed by atoms with Crippen molar-refractivity contribution < 1.29 is 14.2 Å². The average Bonchev–Trinajstić information content (AvgIpc) is 3.50. The maximum absolute atomic E-state index is 13.4. The highest BCUT2D eigenvalue weighted by Crippen LogP contribution is 2.34. The Kier molecular flexibility index (Phi) is 6.07. The molecule has 0 saturated carbocycles. The van der Waals surface area contributed by atoms with Crippen LogP contribution < -0.4 is 15.9 Å². The first-order valence-electron chi connectivity index (χ1n) is 13.3. The molecular weight excluding hydrogens is 504 g/mol. The van der Waals surface area contributed by atoms with Crippen molar-refractivity contribution in [3.63, 3.8) is 0 Å². The Bertz CT molecular complexity index is 1640. The second kappa shape index (κ2) is 9.60. The van der Waals surface area contributed by atoms with Gasteiger partial charge in [-0.1, -0.05) is 23.7 Å². The Balaban J connectivity index is 1.38. The molecule has 0 radical (unpaired) electrons. The first-order chi connectivity index (χ1) is 18.6. The van der Waals surface area contributed by atoms with Crippen LogP contribution in [0.25, 0.3) is 32.4 Å². The van der Waals surface area contributed by atoms with E-state index in [0.717, 1.165) is 55.6 Å². The molecule has 2 aromatic heterocycles. The normalized spacial score (nSPS) is 23.8. The van der Waals surface area contributed by atoms with Crippen molar-refractivity contribution in [3.8, 4) is 17.0 Å². The molecule has 0 amide bonds. The van der Waals surface area contributed by atoms with Crippen molar-refractivity contribution in [3.05, 3.63) is 56.6 Å². The number of nitrogens with one attached hydrogen (secondary N) is 1. The van der Waals surface area contributed by atoms with Gasteiger partial charge in [0, 0.05) is 38.7 Å². The zero-order valence-corrected chi connectivity index (χ0v) is 22.1. The number of likely N-dealkylation sites (tertiary alicyclic amines) is 1. The fourth-order valence-electron chi connectivity index (χ4n) is 6.01. The van der Waals surface area contributed by atoms with E-state index in [-0.39, 0.29) is 29.4 Å². The molecule has 10 heteroatoms. The minimum Gasteiger partial charge on any atom is -0.486 e. The van der Waals surface area contributed by atoms with Gasteiger partial charge in [-0.3, -0.25) is 18.4 Å². The monoisotopic (exact) mass is 534 g/mol. The predicted octanol–water partition coefficient (Wildman–Crippen LogP) is 3.52. The Morgan fingerprint density at radius 3 is 3.00 bits per heavy atom. The predicted molar refractivity (Wildman–Crippen MR) is 146 cm³/mol. The number of aryl methyl sites for hydroxylation is 1. The average molecular weight is 535 g/mol. The first kappa shape index (κ1) is 24.0. The highest BCUT2D eigenvalue weighted by Gasteiger charge is 2.29. The van der Waals surface area contributed by atoms with Crippen LogP contribution in [-0.2, 0) is 22.6 Å². The number of aromatic nitrogens is 3. The van der Waals surface area contributed by atoms with E-state index in [0.29, 0.717) is 46.6 Å². The summed E-state index contributed by atoms with van der Waals surface area (Å²) in [4.78, 5) is 36.9. The summed E-state index contributed by atoms with van der Waals surface area (Å²) in [7, 11) is 1.77. The van der Waals surface area contributed by atoms with Crippen LogP contribution >= 0.6 is 11.5 Å². The summed E-state index contributed by atoms with van der Waals surface area (Å²) < 4.78 is 20.7. The fourth-order valence-corrected chi connectivity index (χ4v) is 7.13. The van der Waals surface area contributed by atoms with Gasteiger partial charge in [-0.05, 0) is 49.6 Å². The number of aromatic amines is 1. The second-order valence-corrected chi connectivity index (χ2v) is 11.6. The molecule has 3 aliphatic rings. The third-order valence-electron chi connectivity index (χ3n) is 7.94. The summed E-state index contributed by atoms with van der Waals surface area (Å²) in [5.41, 5.74) is 2.96. The molecule has 2 fully saturated rings. The second-order valence-electron chi connectivity index (χ2n) is 10.5. The van der Waals surface area contributed by atoms with Gasteiger partial charge in [-0.2, -0.15) is 0 Å². The first-order valence-corrected chi connectivity index (χ1v) is 14.1. The van der Waals surface area contributed by atoms with Crippen LogP contribution in [0.5, 0.6) is 5.75 Å². The van der Waals surface area contributed by atoms with E-state index in [1.165, 1.54) is 11.5 Å². The van der Waals surface area contributed by atoms with Crippen LogP contribution in [0.2, 0.25) is 0 Å². The minimum absolute atomic E-state index is 0.0247. The number of fused-ring (bicyclic) bond motifs is 5. The molecule has 7 rings (SSSR count). The lowest BCUT2D eigenvalue weighted by Gasteiger charge is -2.32. The molecule has 3 atom stereocenters. The summed E-state index contributed by atoms with van der Waals surface area (Å²) >= 11 is 1.39. The van der Waals surface area contributed by atoms with E-state index in [1.807, 2.05) is 24.3 Å². The molecule has 5 heterocycles. The maximum atomic E-state index is 13.4. The van der Waals surface area contributed by atoms with Crippen LogP contribution in [-0.4, -0.2) is 63.9 Å². The van der Waals surface area contributed by atoms with Gasteiger partial charge in [0.2, 0.25) is 0 Å². The molecule has 38 heavy (non-hydrogen) atoms. The molecule has 0 spiro atoms. The van der Waals surface area contributed by atoms with Crippen molar-refractivity contribution in [1.29, 1.82) is 0 Å². The Morgan fingerprint density at radius 1 is 1.18 bits per heavy atom. The summed E-state index contributed by atoms with van der Waals surface area (Å²) in [5, 5.41) is 0.608. The van der Waals surface area contributed by atoms with E-state index in [4.69, 9.17) is 19.2 Å². The van der Waals surface area contributed by atoms with E-state index < -0.39 is 0 Å². The summed E-state index contributed by atoms with van der Waals surface area (Å²) in [6.45, 7) is 3.67. The number of ether oxygens (including phenoxy) is 3. The SMILES string of the molecule is COC1CCCN(Cc2cc3c4nc(c(=O)[nH]c4c2)-c2cccc4c(=O)n(sc24)CC[C@@H]2C[C@@H](CO2)O3)C1. The van der Waals surface area contributed by atoms with Crippen LogP contribution in [0.1, 0.15) is 31.2 Å². The van der Waals surface area contributed by atoms with Gasteiger partial charge in [0.1, 0.15) is 23.1 Å². The van der Waals surface area contributed by atoms with Gasteiger partial charge in [0.05, 0.1) is 34.4 Å². The van der Waals surface area contributed by atoms with Crippen molar-refractivity contribution in [2.75, 3.05) is 26.8 Å². The van der Waals surface area contributed by atoms with Gasteiger partial charge < -0.3 is 19.2 Å². The van der Waals surface area contributed by atoms with Crippen molar-refractivity contribution >= 4 is 32.7 Å². The number of nitrogens with zero attached hydrogens (tertiary/aromatic N) is 3. The summed E-state index contributed by atoms with van der Waals surface area (Å²) in [5.74, 6) is 0.652. The van der Waals surface area contributed by atoms with Gasteiger partial charge in [0.25, 0.3) is 11.1 Å². The smallest absolute Gasteiger partial charge is 0.275 e. The Labute approximate surface area is 223 Å². The number of hydrogen-bond donors (Lipinski definition) is 1. The highest BCUT2D eigenvalue weighted by atomic mass is 32.1. The van der Waals surface area contributed by atoms with Crippen LogP contribution in [0, 0.1) is 0 Å². The largest absolute Gasteiger partial charge is 0.486 e. The van der Waals surface area contributed by atoms with Gasteiger partial charge in [0.15, 0.2) is 0 Å². The molecule has 2 saturated heterocycles. The standard InChI is InChI=1S/C28H30N4O5S/c1-35-18-4-3-8-31(14-18)13-16-10-22-25-23(11-16)37-19-12-17(36-15-19)7-9-32-28(34)21-6-2-5-20(26(21)38-32)24(30-25)27(33)29-22/h2,5-6,10-11,17-19H,3-4,7-9,12-15H2,1H3,(H,29,33)/t17-,18?,19+/m1/s1. The quantitative estimate of drug-likeness (QED) is 0.430. The minimum atomic E-state index is -0.283. The number of H-pyrrole nitrogens is 1. The van der Waals surface area contributed by atoms with Crippen LogP contribution in [0.3, 0.4) is 0 Å². The maximum Gasteiger partial charge on any atom is 0.275 e. The van der Waals surface area contributed by atoms with E-state index >= 15 is 0 Å². The van der Waals surface area contributed by atoms with Gasteiger partial charge >= 0.3 is 0 Å². The molecule has 4 aromatic rings. The lowest BCUT2D eigenvalue weighted by Crippen LogP contribution is -2.38. The Hall–Kier alpha value is -3.05. The number of hydrogen-bond acceptors (Lipinski definition) is 8. The lowest BCUT2D eigenvalue weighted by molar-refractivity contribution is 0.0285. The zero-order valence-electron chi connectivity index (χ0n) is 21.3. The summed E-state index contributed by atoms with van der Waals surface area (Å²) in [6, 6.07) is 9.56. The Morgan fingerprint density at radius 2 is 2.11 bits per heavy atom. The number of benzene rings is 2. The third kappa shape index (κ3) is 4.25. The van der Waals surface area contributed by atoms with E-state index in [2.05, 4.69) is 16.0 Å². The van der Waals surface area contributed by atoms with Gasteiger partial charge in [-0.15, -0.1) is 0 Å². The van der Waals surface area contributed by atoms with Crippen molar-refractivity contribution in [1.82, 2.24) is 18.8 Å². The molecule has 1 unspecified atom stereocenters. The van der Waals surface area contributed by atoms with Crippen LogP contribution in [0.4, 0.5) is 0 Å². The van der Waals surface area contributed by atoms with Crippen molar-refractivity contribution in [2.45, 2.75) is 57.1 Å². The zero-order chi connectivity index (χ0) is 25.8. The molecular formula is C28H30N4O5S. The van der Waals surface area contributed by atoms with Crippen molar-refractivity contribution in [2.24, 2.45) is 0 Å².